The molecule has 0 fully saturated rings. The fourth-order valence-corrected chi connectivity index (χ4v) is 2.98. The minimum atomic E-state index is -0.305. The van der Waals surface area contributed by atoms with Crippen molar-refractivity contribution in [2.45, 2.75) is 25.7 Å². The molecule has 0 spiro atoms. The minimum Gasteiger partial charge on any atom is -0.497 e. The van der Waals surface area contributed by atoms with E-state index in [-0.39, 0.29) is 24.2 Å². The zero-order valence-electron chi connectivity index (χ0n) is 15.1. The SMILES string of the molecule is COc1ccc(OC(=O)CCCCCN2C(=O)c3ccccc3C2=O)cc1. The molecule has 0 saturated carbocycles. The highest BCUT2D eigenvalue weighted by Gasteiger charge is 2.34. The number of nitrogens with zero attached hydrogens (tertiary/aromatic N) is 1. The van der Waals surface area contributed by atoms with Gasteiger partial charge >= 0.3 is 5.97 Å². The first-order valence-electron chi connectivity index (χ1n) is 8.90. The fraction of sp³-hybridized carbons (Fsp3) is 0.286. The van der Waals surface area contributed by atoms with Gasteiger partial charge in [0.25, 0.3) is 11.8 Å². The molecular formula is C21H21NO5. The molecule has 0 N–H and O–H groups in total. The van der Waals surface area contributed by atoms with Gasteiger partial charge in [0.05, 0.1) is 18.2 Å². The van der Waals surface area contributed by atoms with Crippen molar-refractivity contribution in [1.82, 2.24) is 4.90 Å². The van der Waals surface area contributed by atoms with Crippen LogP contribution in [0.25, 0.3) is 0 Å². The third-order valence-corrected chi connectivity index (χ3v) is 4.43. The van der Waals surface area contributed by atoms with Gasteiger partial charge < -0.3 is 9.47 Å². The largest absolute Gasteiger partial charge is 0.497 e. The molecule has 3 rings (SSSR count). The summed E-state index contributed by atoms with van der Waals surface area (Å²) in [6, 6.07) is 13.7. The summed E-state index contributed by atoms with van der Waals surface area (Å²) in [6.07, 6.45) is 2.30. The predicted octanol–water partition coefficient (Wildman–Crippen LogP) is 3.46. The normalized spacial score (nSPS) is 12.9. The van der Waals surface area contributed by atoms with E-state index in [1.807, 2.05) is 0 Å². The van der Waals surface area contributed by atoms with Crippen LogP contribution in [0.5, 0.6) is 11.5 Å². The van der Waals surface area contributed by atoms with E-state index < -0.39 is 0 Å². The van der Waals surface area contributed by atoms with Gasteiger partial charge in [0, 0.05) is 13.0 Å². The first-order valence-corrected chi connectivity index (χ1v) is 8.90. The van der Waals surface area contributed by atoms with Gasteiger partial charge in [-0.2, -0.15) is 0 Å². The maximum absolute atomic E-state index is 12.3. The Balaban J connectivity index is 1.38. The molecule has 1 aliphatic heterocycles. The molecule has 140 valence electrons. The Labute approximate surface area is 157 Å². The van der Waals surface area contributed by atoms with Crippen LogP contribution < -0.4 is 9.47 Å². The first kappa shape index (κ1) is 18.6. The van der Waals surface area contributed by atoms with E-state index >= 15 is 0 Å². The van der Waals surface area contributed by atoms with Crippen LogP contribution in [0.4, 0.5) is 0 Å². The van der Waals surface area contributed by atoms with Crippen LogP contribution in [0.3, 0.4) is 0 Å². The van der Waals surface area contributed by atoms with E-state index in [4.69, 9.17) is 9.47 Å². The lowest BCUT2D eigenvalue weighted by molar-refractivity contribution is -0.134. The summed E-state index contributed by atoms with van der Waals surface area (Å²) in [7, 11) is 1.57. The number of benzene rings is 2. The Bertz CT molecular complexity index is 809. The number of fused-ring (bicyclic) bond motifs is 1. The quantitative estimate of drug-likeness (QED) is 0.309. The van der Waals surface area contributed by atoms with Gasteiger partial charge in [-0.1, -0.05) is 18.6 Å². The van der Waals surface area contributed by atoms with Crippen molar-refractivity contribution in [2.24, 2.45) is 0 Å². The van der Waals surface area contributed by atoms with E-state index in [2.05, 4.69) is 0 Å². The van der Waals surface area contributed by atoms with Crippen LogP contribution in [0.15, 0.2) is 48.5 Å². The minimum absolute atomic E-state index is 0.241. The number of carbonyl (C=O) groups is 3. The molecule has 27 heavy (non-hydrogen) atoms. The van der Waals surface area contributed by atoms with E-state index in [9.17, 15) is 14.4 Å². The molecule has 2 amide bonds. The van der Waals surface area contributed by atoms with Gasteiger partial charge in [-0.25, -0.2) is 0 Å². The number of carbonyl (C=O) groups excluding carboxylic acids is 3. The number of imide groups is 1. The van der Waals surface area contributed by atoms with Gasteiger partial charge in [0.15, 0.2) is 0 Å². The van der Waals surface area contributed by atoms with Gasteiger partial charge in [-0.05, 0) is 49.2 Å². The van der Waals surface area contributed by atoms with E-state index in [0.29, 0.717) is 42.0 Å². The molecule has 2 aromatic rings. The van der Waals surface area contributed by atoms with Crippen LogP contribution in [0, 0.1) is 0 Å². The number of rotatable bonds is 8. The standard InChI is InChI=1S/C21H21NO5/c1-26-15-10-12-16(13-11-15)27-19(23)9-3-2-6-14-22-20(24)17-7-4-5-8-18(17)21(22)25/h4-5,7-8,10-13H,2-3,6,9,14H2,1H3. The molecule has 1 heterocycles. The van der Waals surface area contributed by atoms with Crippen LogP contribution in [0.1, 0.15) is 46.4 Å². The molecule has 2 aromatic carbocycles. The van der Waals surface area contributed by atoms with E-state index in [1.165, 1.54) is 4.90 Å². The molecule has 0 aromatic heterocycles. The second-order valence-electron chi connectivity index (χ2n) is 6.27. The molecule has 0 radical (unpaired) electrons. The topological polar surface area (TPSA) is 72.9 Å². The highest BCUT2D eigenvalue weighted by Crippen LogP contribution is 2.23. The molecule has 0 atom stereocenters. The number of ether oxygens (including phenoxy) is 2. The maximum Gasteiger partial charge on any atom is 0.311 e. The third kappa shape index (κ3) is 4.34. The number of amides is 2. The zero-order chi connectivity index (χ0) is 19.2. The highest BCUT2D eigenvalue weighted by molar-refractivity contribution is 6.21. The summed E-state index contributed by atoms with van der Waals surface area (Å²) >= 11 is 0. The third-order valence-electron chi connectivity index (χ3n) is 4.43. The summed E-state index contributed by atoms with van der Waals surface area (Å²) in [5, 5.41) is 0. The summed E-state index contributed by atoms with van der Waals surface area (Å²) in [5.74, 6) is 0.389. The zero-order valence-corrected chi connectivity index (χ0v) is 15.1. The van der Waals surface area contributed by atoms with Crippen LogP contribution >= 0.6 is 0 Å². The van der Waals surface area contributed by atoms with Gasteiger partial charge in [-0.3, -0.25) is 19.3 Å². The monoisotopic (exact) mass is 367 g/mol. The Morgan fingerprint density at radius 1 is 0.852 bits per heavy atom. The van der Waals surface area contributed by atoms with Crippen molar-refractivity contribution < 1.29 is 23.9 Å². The van der Waals surface area contributed by atoms with Gasteiger partial charge in [0.2, 0.25) is 0 Å². The lowest BCUT2D eigenvalue weighted by Gasteiger charge is -2.13. The molecule has 0 unspecified atom stereocenters. The molecule has 0 aliphatic carbocycles. The lowest BCUT2D eigenvalue weighted by atomic mass is 10.1. The van der Waals surface area contributed by atoms with Crippen molar-refractivity contribution in [3.05, 3.63) is 59.7 Å². The average molecular weight is 367 g/mol. The second kappa shape index (κ2) is 8.49. The Morgan fingerprint density at radius 3 is 2.04 bits per heavy atom. The summed E-state index contributed by atoms with van der Waals surface area (Å²) in [5.41, 5.74) is 0.927. The summed E-state index contributed by atoms with van der Waals surface area (Å²) < 4.78 is 10.3. The fourth-order valence-electron chi connectivity index (χ4n) is 2.98. The van der Waals surface area contributed by atoms with E-state index in [0.717, 1.165) is 6.42 Å². The van der Waals surface area contributed by atoms with Crippen molar-refractivity contribution in [3.8, 4) is 11.5 Å². The predicted molar refractivity (Wildman–Crippen MR) is 98.9 cm³/mol. The van der Waals surface area contributed by atoms with Gasteiger partial charge in [0.1, 0.15) is 11.5 Å². The van der Waals surface area contributed by atoms with Crippen molar-refractivity contribution in [3.63, 3.8) is 0 Å². The van der Waals surface area contributed by atoms with Crippen LogP contribution in [-0.4, -0.2) is 36.3 Å². The second-order valence-corrected chi connectivity index (χ2v) is 6.27. The number of hydrogen-bond donors (Lipinski definition) is 0. The number of hydrogen-bond acceptors (Lipinski definition) is 5. The summed E-state index contributed by atoms with van der Waals surface area (Å²) in [4.78, 5) is 37.6. The molecule has 0 saturated heterocycles. The maximum atomic E-state index is 12.3. The van der Waals surface area contributed by atoms with Gasteiger partial charge in [-0.15, -0.1) is 0 Å². The number of esters is 1. The van der Waals surface area contributed by atoms with Crippen LogP contribution in [-0.2, 0) is 4.79 Å². The van der Waals surface area contributed by atoms with Crippen LogP contribution in [0.2, 0.25) is 0 Å². The average Bonchev–Trinajstić information content (AvgIpc) is 2.93. The Morgan fingerprint density at radius 2 is 1.44 bits per heavy atom. The smallest absolute Gasteiger partial charge is 0.311 e. The molecule has 0 bridgehead atoms. The van der Waals surface area contributed by atoms with Crippen molar-refractivity contribution in [1.29, 1.82) is 0 Å². The molecule has 6 heteroatoms. The first-order chi connectivity index (χ1) is 13.1. The molecular weight excluding hydrogens is 346 g/mol. The molecule has 6 nitrogen and oxygen atoms in total. The Hall–Kier alpha value is -3.15. The number of methoxy groups -OCH3 is 1. The summed E-state index contributed by atoms with van der Waals surface area (Å²) in [6.45, 7) is 0.361. The highest BCUT2D eigenvalue weighted by atomic mass is 16.5. The van der Waals surface area contributed by atoms with E-state index in [1.54, 1.807) is 55.6 Å². The van der Waals surface area contributed by atoms with Crippen molar-refractivity contribution in [2.75, 3.05) is 13.7 Å². The molecule has 1 aliphatic rings. The Kier molecular flexibility index (Phi) is 5.86. The van der Waals surface area contributed by atoms with Crippen molar-refractivity contribution >= 4 is 17.8 Å². The number of unbranched alkanes of at least 4 members (excludes halogenated alkanes) is 2. The lowest BCUT2D eigenvalue weighted by Crippen LogP contribution is -2.30.